The zero-order valence-electron chi connectivity index (χ0n) is 18.9. The summed E-state index contributed by atoms with van der Waals surface area (Å²) >= 11 is 6.41. The Morgan fingerprint density at radius 2 is 1.69 bits per heavy atom. The number of rotatable bonds is 4. The molecule has 0 radical (unpaired) electrons. The van der Waals surface area contributed by atoms with E-state index in [9.17, 15) is 9.18 Å². The van der Waals surface area contributed by atoms with E-state index in [2.05, 4.69) is 20.7 Å². The molecule has 0 saturated carbocycles. The highest BCUT2D eigenvalue weighted by molar-refractivity contribution is 6.31. The Kier molecular flexibility index (Phi) is 6.91. The average Bonchev–Trinajstić information content (AvgIpc) is 3.22. The molecule has 0 aliphatic carbocycles. The molecule has 1 amide bonds. The highest BCUT2D eigenvalue weighted by Gasteiger charge is 2.29. The van der Waals surface area contributed by atoms with Crippen LogP contribution in [0.15, 0.2) is 72.8 Å². The second-order valence-corrected chi connectivity index (χ2v) is 8.58. The number of fused-ring (bicyclic) bond motifs is 1. The third-order valence-corrected chi connectivity index (χ3v) is 5.99. The van der Waals surface area contributed by atoms with E-state index >= 15 is 0 Å². The zero-order chi connectivity index (χ0) is 23.8. The average molecular weight is 510 g/mol. The number of carbonyl (C=O) groups excluding carboxylic acids is 1. The Balaban J connectivity index is 0.00000289. The van der Waals surface area contributed by atoms with E-state index in [1.165, 1.54) is 10.7 Å². The van der Waals surface area contributed by atoms with Crippen molar-refractivity contribution in [2.75, 3.05) is 10.6 Å². The van der Waals surface area contributed by atoms with Crippen LogP contribution in [0.3, 0.4) is 0 Å². The van der Waals surface area contributed by atoms with Crippen LogP contribution in [-0.4, -0.2) is 20.7 Å². The molecule has 0 saturated heterocycles. The summed E-state index contributed by atoms with van der Waals surface area (Å²) < 4.78 is 16.4. The molecule has 2 N–H and O–H groups in total. The summed E-state index contributed by atoms with van der Waals surface area (Å²) in [5.74, 6) is -0.327. The fourth-order valence-electron chi connectivity index (χ4n) is 3.83. The topological polar surface area (TPSA) is 71.8 Å². The van der Waals surface area contributed by atoms with Crippen LogP contribution in [0, 0.1) is 19.7 Å². The van der Waals surface area contributed by atoms with Gasteiger partial charge in [-0.2, -0.15) is 4.98 Å². The molecule has 1 aliphatic rings. The minimum Gasteiger partial charge on any atom is -0.324 e. The number of nitrogens with one attached hydrogen (secondary N) is 2. The summed E-state index contributed by atoms with van der Waals surface area (Å²) in [6.45, 7) is 3.96. The predicted molar refractivity (Wildman–Crippen MR) is 139 cm³/mol. The number of carbonyl (C=O) groups is 1. The number of anilines is 2. The Labute approximate surface area is 213 Å². The van der Waals surface area contributed by atoms with Crippen molar-refractivity contribution in [2.45, 2.75) is 19.9 Å². The van der Waals surface area contributed by atoms with Crippen molar-refractivity contribution in [3.05, 3.63) is 111 Å². The Bertz CT molecular complexity index is 1390. The molecule has 1 aromatic heterocycles. The first-order valence-electron chi connectivity index (χ1n) is 10.7. The van der Waals surface area contributed by atoms with Gasteiger partial charge in [0.25, 0.3) is 11.9 Å². The molecule has 4 aromatic rings. The van der Waals surface area contributed by atoms with Gasteiger partial charge in [-0.25, -0.2) is 9.07 Å². The smallest absolute Gasteiger partial charge is 0.258 e. The van der Waals surface area contributed by atoms with Gasteiger partial charge in [0.15, 0.2) is 0 Å². The van der Waals surface area contributed by atoms with E-state index in [1.54, 1.807) is 24.3 Å². The van der Waals surface area contributed by atoms with Gasteiger partial charge in [-0.05, 0) is 49.8 Å². The van der Waals surface area contributed by atoms with E-state index < -0.39 is 11.9 Å². The molecule has 6 nitrogen and oxygen atoms in total. The third kappa shape index (κ3) is 4.92. The molecule has 2 heterocycles. The molecule has 1 aliphatic heterocycles. The number of allylic oxidation sites excluding steroid dienone is 1. The number of nitrogens with zero attached hydrogens (tertiary/aromatic N) is 3. The standard InChI is InChI=1S/C26H21ClFN5O.ClH/c1-15-6-10-17(11-7-15)21-14-22(23-19(27)4-3-5-20(23)28)33-26(29-21)31-25(32-33)30-24(34)18-12-8-16(2)9-13-18;/h3-14,22H,1-2H3,(H2,29,30,31,32,34);1H. The number of hydrogen-bond donors (Lipinski definition) is 2. The molecule has 35 heavy (non-hydrogen) atoms. The molecule has 0 bridgehead atoms. The summed E-state index contributed by atoms with van der Waals surface area (Å²) in [6.07, 6.45) is 1.85. The number of benzene rings is 3. The maximum Gasteiger partial charge on any atom is 0.258 e. The minimum absolute atomic E-state index is 0. The summed E-state index contributed by atoms with van der Waals surface area (Å²) in [4.78, 5) is 17.2. The van der Waals surface area contributed by atoms with Crippen LogP contribution in [0.5, 0.6) is 0 Å². The second kappa shape index (κ2) is 9.90. The lowest BCUT2D eigenvalue weighted by Crippen LogP contribution is -2.21. The molecule has 3 aromatic carbocycles. The van der Waals surface area contributed by atoms with Crippen molar-refractivity contribution in [1.29, 1.82) is 0 Å². The number of amides is 1. The fourth-order valence-corrected chi connectivity index (χ4v) is 4.10. The lowest BCUT2D eigenvalue weighted by atomic mass is 10.0. The monoisotopic (exact) mass is 509 g/mol. The van der Waals surface area contributed by atoms with Crippen molar-refractivity contribution in [3.8, 4) is 0 Å². The normalized spacial score (nSPS) is 14.3. The van der Waals surface area contributed by atoms with Crippen molar-refractivity contribution < 1.29 is 9.18 Å². The third-order valence-electron chi connectivity index (χ3n) is 5.66. The first kappa shape index (κ1) is 24.4. The van der Waals surface area contributed by atoms with Crippen molar-refractivity contribution in [3.63, 3.8) is 0 Å². The van der Waals surface area contributed by atoms with Crippen LogP contribution in [-0.2, 0) is 0 Å². The quantitative estimate of drug-likeness (QED) is 0.333. The molecule has 5 rings (SSSR count). The lowest BCUT2D eigenvalue weighted by molar-refractivity contribution is 0.102. The maximum atomic E-state index is 14.9. The molecule has 9 heteroatoms. The first-order valence-corrected chi connectivity index (χ1v) is 11.1. The van der Waals surface area contributed by atoms with Gasteiger partial charge in [-0.1, -0.05) is 65.2 Å². The zero-order valence-corrected chi connectivity index (χ0v) is 20.5. The highest BCUT2D eigenvalue weighted by Crippen LogP contribution is 2.37. The summed E-state index contributed by atoms with van der Waals surface area (Å²) in [7, 11) is 0. The number of hydrogen-bond acceptors (Lipinski definition) is 4. The van der Waals surface area contributed by atoms with Crippen molar-refractivity contribution >= 4 is 47.5 Å². The number of aromatic nitrogens is 3. The van der Waals surface area contributed by atoms with Gasteiger partial charge in [0.2, 0.25) is 5.95 Å². The summed E-state index contributed by atoms with van der Waals surface area (Å²) in [6, 6.07) is 19.0. The minimum atomic E-state index is -0.668. The summed E-state index contributed by atoms with van der Waals surface area (Å²) in [5, 5.41) is 10.7. The van der Waals surface area contributed by atoms with E-state index in [0.717, 1.165) is 22.4 Å². The maximum absolute atomic E-state index is 14.9. The SMILES string of the molecule is Cc1ccc(C(=O)Nc2nc3n(n2)C(c2c(F)cccc2Cl)C=C(c2ccc(C)cc2)N3)cc1.Cl. The van der Waals surface area contributed by atoms with Gasteiger partial charge in [-0.3, -0.25) is 10.1 Å². The highest BCUT2D eigenvalue weighted by atomic mass is 35.5. The molecule has 1 unspecified atom stereocenters. The van der Waals surface area contributed by atoms with E-state index in [1.807, 2.05) is 56.3 Å². The van der Waals surface area contributed by atoms with Crippen LogP contribution in [0.1, 0.15) is 38.7 Å². The van der Waals surface area contributed by atoms with Crippen LogP contribution in [0.4, 0.5) is 16.3 Å². The second-order valence-electron chi connectivity index (χ2n) is 8.18. The first-order chi connectivity index (χ1) is 16.4. The molecule has 0 fully saturated rings. The Morgan fingerprint density at radius 3 is 2.34 bits per heavy atom. The van der Waals surface area contributed by atoms with Gasteiger partial charge in [-0.15, -0.1) is 17.5 Å². The van der Waals surface area contributed by atoms with E-state index in [0.29, 0.717) is 11.5 Å². The van der Waals surface area contributed by atoms with Crippen LogP contribution >= 0.6 is 24.0 Å². The molecular formula is C26H22Cl2FN5O. The largest absolute Gasteiger partial charge is 0.324 e. The van der Waals surface area contributed by atoms with Crippen molar-refractivity contribution in [2.24, 2.45) is 0 Å². The van der Waals surface area contributed by atoms with Gasteiger partial charge in [0.05, 0.1) is 0 Å². The van der Waals surface area contributed by atoms with Crippen LogP contribution in [0.2, 0.25) is 5.02 Å². The Morgan fingerprint density at radius 1 is 1.03 bits per heavy atom. The van der Waals surface area contributed by atoms with Gasteiger partial charge in [0, 0.05) is 21.8 Å². The van der Waals surface area contributed by atoms with Crippen LogP contribution < -0.4 is 10.6 Å². The van der Waals surface area contributed by atoms with E-state index in [4.69, 9.17) is 11.6 Å². The van der Waals surface area contributed by atoms with Crippen molar-refractivity contribution in [1.82, 2.24) is 14.8 Å². The molecule has 1 atom stereocenters. The van der Waals surface area contributed by atoms with Gasteiger partial charge in [0.1, 0.15) is 11.9 Å². The van der Waals surface area contributed by atoms with Gasteiger partial charge < -0.3 is 5.32 Å². The Hall–Kier alpha value is -3.68. The van der Waals surface area contributed by atoms with Crippen LogP contribution in [0.25, 0.3) is 5.70 Å². The molecule has 178 valence electrons. The lowest BCUT2D eigenvalue weighted by Gasteiger charge is -2.25. The molecular weight excluding hydrogens is 488 g/mol. The van der Waals surface area contributed by atoms with Gasteiger partial charge >= 0.3 is 0 Å². The summed E-state index contributed by atoms with van der Waals surface area (Å²) in [5.41, 5.74) is 4.58. The number of aryl methyl sites for hydroxylation is 2. The number of halogens is 3. The predicted octanol–water partition coefficient (Wildman–Crippen LogP) is 6.42. The fraction of sp³-hybridized carbons (Fsp3) is 0.115. The van der Waals surface area contributed by atoms with E-state index in [-0.39, 0.29) is 34.8 Å². The molecule has 0 spiro atoms.